The molecule has 0 saturated heterocycles. The number of hydrogen-bond acceptors (Lipinski definition) is 1. The van der Waals surface area contributed by atoms with Crippen molar-refractivity contribution in [3.05, 3.63) is 18.2 Å². The van der Waals surface area contributed by atoms with Crippen LogP contribution >= 0.6 is 0 Å². The van der Waals surface area contributed by atoms with E-state index in [0.717, 1.165) is 12.4 Å². The molecule has 3 heteroatoms. The summed E-state index contributed by atoms with van der Waals surface area (Å²) in [7, 11) is 0. The predicted octanol–water partition coefficient (Wildman–Crippen LogP) is 1.41. The zero-order valence-corrected chi connectivity index (χ0v) is 8.32. The molecule has 0 amide bonds. The van der Waals surface area contributed by atoms with E-state index in [1.807, 2.05) is 23.9 Å². The summed E-state index contributed by atoms with van der Waals surface area (Å²) >= 11 is 0. The fraction of sp³-hybridized carbons (Fsp3) is 0.600. The number of hydrogen-bond donors (Lipinski definition) is 0. The van der Waals surface area contributed by atoms with Gasteiger partial charge in [-0.05, 0) is 6.42 Å². The lowest BCUT2D eigenvalue weighted by atomic mass is 10.3. The molecule has 1 rings (SSSR count). The molecular formula is C10H16N3+. The minimum atomic E-state index is 0.449. The van der Waals surface area contributed by atoms with Crippen molar-refractivity contribution >= 4 is 0 Å². The van der Waals surface area contributed by atoms with Crippen molar-refractivity contribution in [2.24, 2.45) is 0 Å². The normalized spacial score (nSPS) is 9.92. The van der Waals surface area contributed by atoms with Crippen LogP contribution in [-0.2, 0) is 13.1 Å². The number of rotatable bonds is 4. The maximum atomic E-state index is 8.55. The van der Waals surface area contributed by atoms with Crippen LogP contribution in [0, 0.1) is 18.3 Å². The average molecular weight is 178 g/mol. The van der Waals surface area contributed by atoms with Gasteiger partial charge >= 0.3 is 0 Å². The average Bonchev–Trinajstić information content (AvgIpc) is 2.46. The minimum Gasteiger partial charge on any atom is -0.234 e. The number of aryl methyl sites for hydroxylation is 1. The smallest absolute Gasteiger partial charge is 0.234 e. The van der Waals surface area contributed by atoms with E-state index < -0.39 is 0 Å². The quantitative estimate of drug-likeness (QED) is 0.641. The Bertz CT molecular complexity index is 306. The molecule has 1 aromatic rings. The lowest BCUT2D eigenvalue weighted by Crippen LogP contribution is -2.35. The van der Waals surface area contributed by atoms with Crippen LogP contribution in [0.25, 0.3) is 0 Å². The zero-order chi connectivity index (χ0) is 9.68. The number of aromatic nitrogens is 2. The molecule has 0 atom stereocenters. The van der Waals surface area contributed by atoms with Crippen molar-refractivity contribution in [2.45, 2.75) is 39.8 Å². The molecule has 3 nitrogen and oxygen atoms in total. The van der Waals surface area contributed by atoms with Crippen molar-refractivity contribution in [3.63, 3.8) is 0 Å². The van der Waals surface area contributed by atoms with Gasteiger partial charge < -0.3 is 0 Å². The molecule has 0 radical (unpaired) electrons. The van der Waals surface area contributed by atoms with Gasteiger partial charge in [0.2, 0.25) is 0 Å². The van der Waals surface area contributed by atoms with Crippen LogP contribution in [0.15, 0.2) is 12.4 Å². The Labute approximate surface area is 79.2 Å². The third-order valence-electron chi connectivity index (χ3n) is 2.25. The van der Waals surface area contributed by atoms with Crippen LogP contribution in [-0.4, -0.2) is 4.57 Å². The van der Waals surface area contributed by atoms with E-state index in [2.05, 4.69) is 17.6 Å². The van der Waals surface area contributed by atoms with Gasteiger partial charge in [-0.3, -0.25) is 0 Å². The van der Waals surface area contributed by atoms with Crippen LogP contribution < -0.4 is 4.57 Å². The van der Waals surface area contributed by atoms with Gasteiger partial charge in [0.15, 0.2) is 6.54 Å². The molecule has 0 aromatic carbocycles. The van der Waals surface area contributed by atoms with Crippen molar-refractivity contribution < 1.29 is 4.57 Å². The molecule has 0 aliphatic rings. The van der Waals surface area contributed by atoms with Crippen LogP contribution in [0.5, 0.6) is 0 Å². The molecular weight excluding hydrogens is 162 g/mol. The molecule has 0 fully saturated rings. The summed E-state index contributed by atoms with van der Waals surface area (Å²) in [5.41, 5.74) is 0. The Kier molecular flexibility index (Phi) is 3.51. The standard InChI is InChI=1S/C10H16N3/c1-3-4-6-12-8-9-13(7-5-11)10(12)2/h8-9H,3-4,6-7H2,1-2H3/q+1. The summed E-state index contributed by atoms with van der Waals surface area (Å²) in [4.78, 5) is 0. The highest BCUT2D eigenvalue weighted by molar-refractivity contribution is 4.84. The van der Waals surface area contributed by atoms with Crippen molar-refractivity contribution in [1.29, 1.82) is 5.26 Å². The van der Waals surface area contributed by atoms with Gasteiger partial charge in [-0.2, -0.15) is 5.26 Å². The molecule has 1 heterocycles. The summed E-state index contributed by atoms with van der Waals surface area (Å²) in [6.07, 6.45) is 6.41. The third-order valence-corrected chi connectivity index (χ3v) is 2.25. The Morgan fingerprint density at radius 3 is 3.00 bits per heavy atom. The van der Waals surface area contributed by atoms with E-state index in [0.29, 0.717) is 6.54 Å². The highest BCUT2D eigenvalue weighted by Gasteiger charge is 2.09. The zero-order valence-electron chi connectivity index (χ0n) is 8.32. The number of imidazole rings is 1. The third kappa shape index (κ3) is 2.32. The van der Waals surface area contributed by atoms with Gasteiger partial charge in [-0.25, -0.2) is 9.13 Å². The van der Waals surface area contributed by atoms with Crippen molar-refractivity contribution in [3.8, 4) is 6.07 Å². The van der Waals surface area contributed by atoms with Gasteiger partial charge in [0, 0.05) is 6.92 Å². The minimum absolute atomic E-state index is 0.449. The topological polar surface area (TPSA) is 32.6 Å². The van der Waals surface area contributed by atoms with Gasteiger partial charge in [-0.15, -0.1) is 0 Å². The second kappa shape index (κ2) is 4.66. The first kappa shape index (κ1) is 9.79. The summed E-state index contributed by atoms with van der Waals surface area (Å²) in [6.45, 7) is 5.74. The number of unbranched alkanes of at least 4 members (excludes halogenated alkanes) is 1. The molecule has 0 unspecified atom stereocenters. The molecule has 0 bridgehead atoms. The first-order chi connectivity index (χ1) is 6.29. The van der Waals surface area contributed by atoms with E-state index in [4.69, 9.17) is 5.26 Å². The lowest BCUT2D eigenvalue weighted by Gasteiger charge is -1.96. The monoisotopic (exact) mass is 178 g/mol. The first-order valence-electron chi connectivity index (χ1n) is 4.71. The van der Waals surface area contributed by atoms with E-state index in [9.17, 15) is 0 Å². The van der Waals surface area contributed by atoms with Gasteiger partial charge in [-0.1, -0.05) is 13.3 Å². The summed E-state index contributed by atoms with van der Waals surface area (Å²) < 4.78 is 4.16. The molecule has 70 valence electrons. The van der Waals surface area contributed by atoms with Gasteiger partial charge in [0.05, 0.1) is 6.54 Å². The first-order valence-corrected chi connectivity index (χ1v) is 4.71. The Morgan fingerprint density at radius 1 is 1.62 bits per heavy atom. The van der Waals surface area contributed by atoms with Crippen LogP contribution in [0.4, 0.5) is 0 Å². The molecule has 0 aliphatic heterocycles. The van der Waals surface area contributed by atoms with Crippen LogP contribution in [0.2, 0.25) is 0 Å². The number of nitrogens with zero attached hydrogens (tertiary/aromatic N) is 3. The fourth-order valence-electron chi connectivity index (χ4n) is 1.35. The largest absolute Gasteiger partial charge is 0.254 e. The molecule has 0 saturated carbocycles. The second-order valence-corrected chi connectivity index (χ2v) is 3.18. The predicted molar refractivity (Wildman–Crippen MR) is 49.9 cm³/mol. The molecule has 0 aliphatic carbocycles. The summed E-state index contributed by atoms with van der Waals surface area (Å²) in [5.74, 6) is 1.16. The highest BCUT2D eigenvalue weighted by Crippen LogP contribution is 1.94. The Hall–Kier alpha value is -1.30. The Morgan fingerprint density at radius 2 is 2.38 bits per heavy atom. The lowest BCUT2D eigenvalue weighted by molar-refractivity contribution is -0.702. The van der Waals surface area contributed by atoms with Crippen LogP contribution in [0.3, 0.4) is 0 Å². The molecule has 1 aromatic heterocycles. The van der Waals surface area contributed by atoms with Crippen molar-refractivity contribution in [2.75, 3.05) is 0 Å². The van der Waals surface area contributed by atoms with E-state index >= 15 is 0 Å². The second-order valence-electron chi connectivity index (χ2n) is 3.18. The van der Waals surface area contributed by atoms with E-state index in [1.54, 1.807) is 0 Å². The van der Waals surface area contributed by atoms with Crippen molar-refractivity contribution in [1.82, 2.24) is 4.57 Å². The van der Waals surface area contributed by atoms with Gasteiger partial charge in [0.25, 0.3) is 5.82 Å². The maximum Gasteiger partial charge on any atom is 0.254 e. The fourth-order valence-corrected chi connectivity index (χ4v) is 1.35. The maximum absolute atomic E-state index is 8.55. The Balaban J connectivity index is 2.69. The highest BCUT2D eigenvalue weighted by atomic mass is 15.1. The van der Waals surface area contributed by atoms with Crippen LogP contribution in [0.1, 0.15) is 25.6 Å². The van der Waals surface area contributed by atoms with E-state index in [-0.39, 0.29) is 0 Å². The molecule has 0 N–H and O–H groups in total. The molecule has 13 heavy (non-hydrogen) atoms. The molecule has 0 spiro atoms. The summed E-state index contributed by atoms with van der Waals surface area (Å²) in [5, 5.41) is 8.55. The van der Waals surface area contributed by atoms with E-state index in [1.165, 1.54) is 12.8 Å². The van der Waals surface area contributed by atoms with Gasteiger partial charge in [0.1, 0.15) is 18.5 Å². The summed E-state index contributed by atoms with van der Waals surface area (Å²) in [6, 6.07) is 2.14. The number of nitriles is 1. The SMILES string of the molecule is CCCC[n+]1ccn(CC#N)c1C.